The number of nitrogens with zero attached hydrogens (tertiary/aromatic N) is 1. The van der Waals surface area contributed by atoms with Crippen molar-refractivity contribution in [2.45, 2.75) is 32.2 Å². The van der Waals surface area contributed by atoms with Crippen LogP contribution in [0.3, 0.4) is 0 Å². The van der Waals surface area contributed by atoms with Crippen LogP contribution in [0.15, 0.2) is 0 Å². The summed E-state index contributed by atoms with van der Waals surface area (Å²) in [6.45, 7) is 3.80. The zero-order valence-corrected chi connectivity index (χ0v) is 12.0. The Labute approximate surface area is 108 Å². The molecule has 100 valence electrons. The van der Waals surface area contributed by atoms with Gasteiger partial charge in [-0.05, 0) is 5.92 Å². The van der Waals surface area contributed by atoms with Crippen LogP contribution in [-0.4, -0.2) is 48.0 Å². The highest BCUT2D eigenvalue weighted by Crippen LogP contribution is 2.21. The minimum absolute atomic E-state index is 0.169. The van der Waals surface area contributed by atoms with Crippen molar-refractivity contribution in [1.82, 2.24) is 0 Å². The second-order valence-corrected chi connectivity index (χ2v) is 6.25. The SMILES string of the molecule is CC(C)CC(=O)[C@@H](C[C@@H](Cl)[N+](C)(C)C)C(=O)O. The van der Waals surface area contributed by atoms with Gasteiger partial charge in [0.1, 0.15) is 11.7 Å². The predicted molar refractivity (Wildman–Crippen MR) is 67.9 cm³/mol. The molecule has 0 saturated heterocycles. The van der Waals surface area contributed by atoms with Gasteiger partial charge in [0.15, 0.2) is 5.50 Å². The molecule has 0 aliphatic rings. The maximum atomic E-state index is 11.8. The molecule has 4 nitrogen and oxygen atoms in total. The van der Waals surface area contributed by atoms with Gasteiger partial charge in [-0.2, -0.15) is 0 Å². The van der Waals surface area contributed by atoms with Gasteiger partial charge in [-0.15, -0.1) is 0 Å². The van der Waals surface area contributed by atoms with E-state index in [4.69, 9.17) is 16.7 Å². The van der Waals surface area contributed by atoms with E-state index in [1.807, 2.05) is 35.0 Å². The molecule has 1 N–H and O–H groups in total. The lowest BCUT2D eigenvalue weighted by atomic mass is 9.93. The molecule has 0 heterocycles. The third kappa shape index (κ3) is 6.03. The molecule has 0 unspecified atom stereocenters. The van der Waals surface area contributed by atoms with Crippen LogP contribution in [0.2, 0.25) is 0 Å². The highest BCUT2D eigenvalue weighted by molar-refractivity contribution is 6.20. The number of hydrogen-bond donors (Lipinski definition) is 1. The highest BCUT2D eigenvalue weighted by Gasteiger charge is 2.33. The number of carbonyl (C=O) groups excluding carboxylic acids is 1. The Kier molecular flexibility index (Phi) is 6.13. The number of hydrogen-bond acceptors (Lipinski definition) is 2. The third-order valence-electron chi connectivity index (χ3n) is 2.57. The second kappa shape index (κ2) is 6.36. The molecule has 5 heteroatoms. The quantitative estimate of drug-likeness (QED) is 0.331. The molecule has 0 aromatic heterocycles. The van der Waals surface area contributed by atoms with Crippen molar-refractivity contribution in [1.29, 1.82) is 0 Å². The van der Waals surface area contributed by atoms with Crippen molar-refractivity contribution in [3.05, 3.63) is 0 Å². The fraction of sp³-hybridized carbons (Fsp3) is 0.833. The molecule has 0 fully saturated rings. The van der Waals surface area contributed by atoms with Crippen LogP contribution in [0.5, 0.6) is 0 Å². The average Bonchev–Trinajstić information content (AvgIpc) is 2.09. The van der Waals surface area contributed by atoms with E-state index in [9.17, 15) is 9.59 Å². The number of halogens is 1. The van der Waals surface area contributed by atoms with Gasteiger partial charge in [0.05, 0.1) is 21.1 Å². The summed E-state index contributed by atoms with van der Waals surface area (Å²) in [5.41, 5.74) is -0.382. The van der Waals surface area contributed by atoms with Crippen molar-refractivity contribution in [3.63, 3.8) is 0 Å². The number of Topliss-reactive ketones (excluding diaryl/α,β-unsaturated/α-hetero) is 1. The van der Waals surface area contributed by atoms with E-state index in [0.29, 0.717) is 4.48 Å². The van der Waals surface area contributed by atoms with Gasteiger partial charge in [-0.1, -0.05) is 25.4 Å². The Morgan fingerprint density at radius 1 is 1.24 bits per heavy atom. The largest absolute Gasteiger partial charge is 0.481 e. The van der Waals surface area contributed by atoms with Crippen LogP contribution < -0.4 is 0 Å². The van der Waals surface area contributed by atoms with Crippen LogP contribution in [0, 0.1) is 11.8 Å². The molecule has 0 amide bonds. The van der Waals surface area contributed by atoms with Gasteiger partial charge >= 0.3 is 5.97 Å². The Morgan fingerprint density at radius 2 is 1.71 bits per heavy atom. The summed E-state index contributed by atoms with van der Waals surface area (Å²) in [5.74, 6) is -2.12. The summed E-state index contributed by atoms with van der Waals surface area (Å²) >= 11 is 6.13. The summed E-state index contributed by atoms with van der Waals surface area (Å²) < 4.78 is 0.431. The van der Waals surface area contributed by atoms with Crippen LogP contribution in [0.4, 0.5) is 0 Å². The molecule has 17 heavy (non-hydrogen) atoms. The first kappa shape index (κ1) is 16.4. The number of carboxylic acids is 1. The van der Waals surface area contributed by atoms with Crippen LogP contribution in [0.1, 0.15) is 26.7 Å². The minimum Gasteiger partial charge on any atom is -0.481 e. The van der Waals surface area contributed by atoms with Crippen molar-refractivity contribution >= 4 is 23.4 Å². The number of quaternary nitrogens is 1. The number of carbonyl (C=O) groups is 2. The fourth-order valence-electron chi connectivity index (χ4n) is 1.43. The molecule has 0 aromatic rings. The topological polar surface area (TPSA) is 54.4 Å². The fourth-order valence-corrected chi connectivity index (χ4v) is 1.60. The average molecular weight is 265 g/mol. The van der Waals surface area contributed by atoms with Gasteiger partial charge in [0.2, 0.25) is 0 Å². The van der Waals surface area contributed by atoms with Crippen molar-refractivity contribution in [2.75, 3.05) is 21.1 Å². The summed E-state index contributed by atoms with van der Waals surface area (Å²) in [7, 11) is 5.64. The zero-order chi connectivity index (χ0) is 13.8. The first-order valence-corrected chi connectivity index (χ1v) is 6.20. The molecular weight excluding hydrogens is 242 g/mol. The van der Waals surface area contributed by atoms with E-state index < -0.39 is 11.9 Å². The molecule has 0 spiro atoms. The van der Waals surface area contributed by atoms with Crippen molar-refractivity contribution in [2.24, 2.45) is 11.8 Å². The Hall–Kier alpha value is -0.610. The van der Waals surface area contributed by atoms with Gasteiger partial charge in [0, 0.05) is 12.8 Å². The molecule has 0 rings (SSSR count). The standard InChI is InChI=1S/C12H22ClNO3/c1-8(2)6-10(15)9(12(16)17)7-11(13)14(3,4)5/h8-9,11H,6-7H2,1-5H3/p+1/t9-,11+/m1/s1. The molecule has 0 radical (unpaired) electrons. The number of alkyl halides is 1. The Balaban J connectivity index is 4.66. The molecule has 2 atom stereocenters. The smallest absolute Gasteiger partial charge is 0.314 e. The lowest BCUT2D eigenvalue weighted by Crippen LogP contribution is -2.44. The van der Waals surface area contributed by atoms with Gasteiger partial charge < -0.3 is 9.59 Å². The summed E-state index contributed by atoms with van der Waals surface area (Å²) in [6, 6.07) is 0. The summed E-state index contributed by atoms with van der Waals surface area (Å²) in [4.78, 5) is 22.9. The first-order valence-electron chi connectivity index (χ1n) is 5.76. The Morgan fingerprint density at radius 3 is 2.00 bits per heavy atom. The number of carboxylic acid groups (broad SMARTS) is 1. The maximum Gasteiger partial charge on any atom is 0.314 e. The lowest BCUT2D eigenvalue weighted by molar-refractivity contribution is -0.883. The number of aliphatic carboxylic acids is 1. The van der Waals surface area contributed by atoms with Crippen molar-refractivity contribution in [3.8, 4) is 0 Å². The second-order valence-electron chi connectivity index (χ2n) is 5.74. The normalized spacial score (nSPS) is 15.7. The van der Waals surface area contributed by atoms with E-state index in [-0.39, 0.29) is 30.0 Å². The minimum atomic E-state index is -1.07. The molecule has 0 aromatic carbocycles. The van der Waals surface area contributed by atoms with E-state index >= 15 is 0 Å². The number of rotatable bonds is 7. The third-order valence-corrected chi connectivity index (χ3v) is 3.33. The van der Waals surface area contributed by atoms with Crippen LogP contribution in [-0.2, 0) is 9.59 Å². The van der Waals surface area contributed by atoms with Crippen LogP contribution >= 0.6 is 11.6 Å². The van der Waals surface area contributed by atoms with E-state index in [2.05, 4.69) is 0 Å². The molecule has 0 aliphatic carbocycles. The summed E-state index contributed by atoms with van der Waals surface area (Å²) in [5, 5.41) is 9.08. The molecule has 0 aliphatic heterocycles. The first-order chi connectivity index (χ1) is 7.55. The zero-order valence-electron chi connectivity index (χ0n) is 11.2. The predicted octanol–water partition coefficient (Wildman–Crippen LogP) is 1.96. The van der Waals surface area contributed by atoms with Gasteiger partial charge in [-0.3, -0.25) is 9.59 Å². The van der Waals surface area contributed by atoms with E-state index in [1.165, 1.54) is 0 Å². The van der Waals surface area contributed by atoms with Crippen molar-refractivity contribution < 1.29 is 19.2 Å². The summed E-state index contributed by atoms with van der Waals surface area (Å²) in [6.07, 6.45) is 0.462. The Bertz CT molecular complexity index is 284. The van der Waals surface area contributed by atoms with Gasteiger partial charge in [-0.25, -0.2) is 0 Å². The molecule has 0 bridgehead atoms. The lowest BCUT2D eigenvalue weighted by Gasteiger charge is -2.30. The van der Waals surface area contributed by atoms with Gasteiger partial charge in [0.25, 0.3) is 0 Å². The highest BCUT2D eigenvalue weighted by atomic mass is 35.5. The van der Waals surface area contributed by atoms with E-state index in [0.717, 1.165) is 0 Å². The number of ketones is 1. The monoisotopic (exact) mass is 264 g/mol. The maximum absolute atomic E-state index is 11.8. The molecule has 0 saturated carbocycles. The molecular formula is C12H23ClNO3+. The van der Waals surface area contributed by atoms with E-state index in [1.54, 1.807) is 0 Å². The van der Waals surface area contributed by atoms with Crippen LogP contribution in [0.25, 0.3) is 0 Å².